The molecule has 0 saturated carbocycles. The highest BCUT2D eigenvalue weighted by molar-refractivity contribution is 6.07. The van der Waals surface area contributed by atoms with Crippen LogP contribution < -0.4 is 0 Å². The first kappa shape index (κ1) is 13.5. The maximum absolute atomic E-state index is 13.4. The molecule has 3 rings (SSSR count). The molecule has 0 aliphatic heterocycles. The summed E-state index contributed by atoms with van der Waals surface area (Å²) in [5, 5.41) is 0.582. The zero-order chi connectivity index (χ0) is 15.0. The van der Waals surface area contributed by atoms with Gasteiger partial charge in [0.25, 0.3) is 0 Å². The zero-order valence-electron chi connectivity index (χ0n) is 11.4. The van der Waals surface area contributed by atoms with Gasteiger partial charge in [0.1, 0.15) is 11.6 Å². The lowest BCUT2D eigenvalue weighted by atomic mass is 10.1. The van der Waals surface area contributed by atoms with Crippen molar-refractivity contribution in [1.29, 1.82) is 0 Å². The lowest BCUT2D eigenvalue weighted by Crippen LogP contribution is -1.98. The number of fused-ring (bicyclic) bond motifs is 1. The van der Waals surface area contributed by atoms with E-state index in [1.54, 1.807) is 18.3 Å². The molecule has 0 aliphatic carbocycles. The maximum Gasteiger partial charge on any atom is 0.161 e. The van der Waals surface area contributed by atoms with Crippen molar-refractivity contribution in [2.75, 3.05) is 0 Å². The molecule has 0 bridgehead atoms. The lowest BCUT2D eigenvalue weighted by molar-refractivity contribution is 0.101. The number of benzene rings is 2. The van der Waals surface area contributed by atoms with Crippen LogP contribution in [-0.2, 0) is 6.54 Å². The van der Waals surface area contributed by atoms with Crippen LogP contribution in [0.15, 0.2) is 48.7 Å². The monoisotopic (exact) mass is 285 g/mol. The van der Waals surface area contributed by atoms with Crippen molar-refractivity contribution in [1.82, 2.24) is 4.57 Å². The second kappa shape index (κ2) is 5.13. The molecular formula is C17H13F2NO. The first-order chi connectivity index (χ1) is 10.0. The Balaban J connectivity index is 2.12. The third-order valence-electron chi connectivity index (χ3n) is 3.46. The molecule has 1 heterocycles. The molecule has 0 saturated heterocycles. The number of rotatable bonds is 3. The number of nitrogens with zero attached hydrogens (tertiary/aromatic N) is 1. The molecule has 0 amide bonds. The normalized spacial score (nSPS) is 11.0. The number of carbonyl (C=O) groups excluding carboxylic acids is 1. The zero-order valence-corrected chi connectivity index (χ0v) is 11.4. The van der Waals surface area contributed by atoms with E-state index in [4.69, 9.17) is 0 Å². The first-order valence-corrected chi connectivity index (χ1v) is 6.58. The van der Waals surface area contributed by atoms with Crippen molar-refractivity contribution >= 4 is 16.7 Å². The predicted octanol–water partition coefficient (Wildman–Crippen LogP) is 4.17. The van der Waals surface area contributed by atoms with Gasteiger partial charge in [0.05, 0.1) is 0 Å². The Bertz CT molecular complexity index is 836. The number of hydrogen-bond acceptors (Lipinski definition) is 1. The fourth-order valence-corrected chi connectivity index (χ4v) is 2.51. The highest BCUT2D eigenvalue weighted by atomic mass is 19.1. The molecule has 3 aromatic rings. The summed E-state index contributed by atoms with van der Waals surface area (Å²) >= 11 is 0. The van der Waals surface area contributed by atoms with Gasteiger partial charge in [-0.1, -0.05) is 12.1 Å². The van der Waals surface area contributed by atoms with Crippen LogP contribution in [0.3, 0.4) is 0 Å². The van der Waals surface area contributed by atoms with Gasteiger partial charge in [0.15, 0.2) is 5.78 Å². The number of carbonyl (C=O) groups is 1. The minimum atomic E-state index is -0.381. The molecular weight excluding hydrogens is 272 g/mol. The Kier molecular flexibility index (Phi) is 3.29. The quantitative estimate of drug-likeness (QED) is 0.662. The summed E-state index contributed by atoms with van der Waals surface area (Å²) in [4.78, 5) is 11.7. The minimum Gasteiger partial charge on any atom is -0.342 e. The summed E-state index contributed by atoms with van der Waals surface area (Å²) in [6.07, 6.45) is 1.69. The number of ketones is 1. The average Bonchev–Trinajstić information content (AvgIpc) is 2.77. The van der Waals surface area contributed by atoms with E-state index in [1.807, 2.05) is 10.6 Å². The Hall–Kier alpha value is -2.49. The van der Waals surface area contributed by atoms with Gasteiger partial charge in [-0.05, 0) is 42.8 Å². The van der Waals surface area contributed by atoms with E-state index in [0.29, 0.717) is 17.5 Å². The molecule has 0 atom stereocenters. The molecule has 0 N–H and O–H groups in total. The van der Waals surface area contributed by atoms with E-state index in [-0.39, 0.29) is 17.4 Å². The lowest BCUT2D eigenvalue weighted by Gasteiger charge is -2.05. The van der Waals surface area contributed by atoms with Crippen molar-refractivity contribution in [3.8, 4) is 0 Å². The van der Waals surface area contributed by atoms with Gasteiger partial charge in [0.2, 0.25) is 0 Å². The Morgan fingerprint density at radius 3 is 2.57 bits per heavy atom. The van der Waals surface area contributed by atoms with Crippen LogP contribution in [0.25, 0.3) is 10.9 Å². The number of halogens is 2. The topological polar surface area (TPSA) is 22.0 Å². The van der Waals surface area contributed by atoms with Gasteiger partial charge in [-0.25, -0.2) is 8.78 Å². The number of Topliss-reactive ketones (excluding diaryl/α,β-unsaturated/α-hetero) is 1. The van der Waals surface area contributed by atoms with Gasteiger partial charge in [-0.3, -0.25) is 4.79 Å². The summed E-state index contributed by atoms with van der Waals surface area (Å²) in [5.74, 6) is -0.807. The minimum absolute atomic E-state index is 0.122. The summed E-state index contributed by atoms with van der Waals surface area (Å²) in [6.45, 7) is 1.87. The van der Waals surface area contributed by atoms with Gasteiger partial charge >= 0.3 is 0 Å². The van der Waals surface area contributed by atoms with Crippen LogP contribution in [0, 0.1) is 11.6 Å². The first-order valence-electron chi connectivity index (χ1n) is 6.58. The van der Waals surface area contributed by atoms with E-state index in [0.717, 1.165) is 11.1 Å². The van der Waals surface area contributed by atoms with Gasteiger partial charge < -0.3 is 4.57 Å². The van der Waals surface area contributed by atoms with E-state index < -0.39 is 0 Å². The Morgan fingerprint density at radius 1 is 1.10 bits per heavy atom. The van der Waals surface area contributed by atoms with Crippen LogP contribution in [0.2, 0.25) is 0 Å². The van der Waals surface area contributed by atoms with Crippen LogP contribution >= 0.6 is 0 Å². The van der Waals surface area contributed by atoms with Crippen molar-refractivity contribution in [2.24, 2.45) is 0 Å². The highest BCUT2D eigenvalue weighted by Crippen LogP contribution is 2.24. The average molecular weight is 285 g/mol. The van der Waals surface area contributed by atoms with Crippen LogP contribution in [-0.4, -0.2) is 10.4 Å². The third-order valence-corrected chi connectivity index (χ3v) is 3.46. The van der Waals surface area contributed by atoms with Gasteiger partial charge in [-0.15, -0.1) is 0 Å². The van der Waals surface area contributed by atoms with Crippen molar-refractivity contribution in [3.63, 3.8) is 0 Å². The van der Waals surface area contributed by atoms with E-state index in [9.17, 15) is 13.6 Å². The maximum atomic E-state index is 13.4. The van der Waals surface area contributed by atoms with Crippen LogP contribution in [0.5, 0.6) is 0 Å². The van der Waals surface area contributed by atoms with Gasteiger partial charge in [0, 0.05) is 29.2 Å². The molecule has 2 aromatic carbocycles. The molecule has 1 aromatic heterocycles. The SMILES string of the molecule is CC(=O)c1cn(Cc2cccc(F)c2)c2ccc(F)cc12. The molecule has 2 nitrogen and oxygen atoms in total. The summed E-state index contributed by atoms with van der Waals surface area (Å²) in [5.41, 5.74) is 2.01. The summed E-state index contributed by atoms with van der Waals surface area (Å²) < 4.78 is 28.5. The molecule has 0 aliphatic rings. The molecule has 0 spiro atoms. The molecule has 21 heavy (non-hydrogen) atoms. The fourth-order valence-electron chi connectivity index (χ4n) is 2.51. The molecule has 0 fully saturated rings. The predicted molar refractivity (Wildman–Crippen MR) is 77.4 cm³/mol. The number of aromatic nitrogens is 1. The molecule has 0 unspecified atom stereocenters. The Morgan fingerprint density at radius 2 is 1.86 bits per heavy atom. The van der Waals surface area contributed by atoms with Crippen molar-refractivity contribution < 1.29 is 13.6 Å². The van der Waals surface area contributed by atoms with Crippen molar-refractivity contribution in [2.45, 2.75) is 13.5 Å². The van der Waals surface area contributed by atoms with Crippen molar-refractivity contribution in [3.05, 3.63) is 71.4 Å². The summed E-state index contributed by atoms with van der Waals surface area (Å²) in [7, 11) is 0. The third kappa shape index (κ3) is 2.57. The highest BCUT2D eigenvalue weighted by Gasteiger charge is 2.13. The smallest absolute Gasteiger partial charge is 0.161 e. The standard InChI is InChI=1S/C17H13F2NO/c1-11(21)16-10-20(9-12-3-2-4-13(18)7-12)17-6-5-14(19)8-15(16)17/h2-8,10H,9H2,1H3. The van der Waals surface area contributed by atoms with Gasteiger partial charge in [-0.2, -0.15) is 0 Å². The summed E-state index contributed by atoms with van der Waals surface area (Å²) in [6, 6.07) is 10.6. The van der Waals surface area contributed by atoms with E-state index in [2.05, 4.69) is 0 Å². The molecule has 106 valence electrons. The molecule has 4 heteroatoms. The second-order valence-corrected chi connectivity index (χ2v) is 5.02. The number of hydrogen-bond donors (Lipinski definition) is 0. The molecule has 0 radical (unpaired) electrons. The Labute approximate surface area is 120 Å². The largest absolute Gasteiger partial charge is 0.342 e. The van der Waals surface area contributed by atoms with Crippen LogP contribution in [0.4, 0.5) is 8.78 Å². The van der Waals surface area contributed by atoms with Crippen LogP contribution in [0.1, 0.15) is 22.8 Å². The van der Waals surface area contributed by atoms with E-state index in [1.165, 1.54) is 31.2 Å². The van der Waals surface area contributed by atoms with E-state index >= 15 is 0 Å². The second-order valence-electron chi connectivity index (χ2n) is 5.02. The fraction of sp³-hybridized carbons (Fsp3) is 0.118.